The molecule has 11 nitrogen and oxygen atoms in total. The van der Waals surface area contributed by atoms with Crippen LogP contribution in [0.25, 0.3) is 33.4 Å². The Hall–Kier alpha value is -4.49. The Morgan fingerprint density at radius 1 is 1.16 bits per heavy atom. The molecule has 1 aliphatic heterocycles. The Morgan fingerprint density at radius 2 is 1.93 bits per heavy atom. The highest BCUT2D eigenvalue weighted by molar-refractivity contribution is 5.94. The first-order chi connectivity index (χ1) is 20.9. The van der Waals surface area contributed by atoms with Crippen molar-refractivity contribution in [3.05, 3.63) is 55.0 Å². The number of methoxy groups -OCH3 is 3. The van der Waals surface area contributed by atoms with E-state index in [1.165, 1.54) is 26.4 Å². The van der Waals surface area contributed by atoms with Gasteiger partial charge in [0.05, 0.1) is 57.5 Å². The normalized spacial score (nSPS) is 16.7. The lowest BCUT2D eigenvalue weighted by Gasteiger charge is -2.31. The zero-order valence-electron chi connectivity index (χ0n) is 24.1. The van der Waals surface area contributed by atoms with Gasteiger partial charge in [0.15, 0.2) is 28.9 Å². The molecule has 0 radical (unpaired) electrons. The number of ketones is 1. The van der Waals surface area contributed by atoms with Crippen molar-refractivity contribution in [2.75, 3.05) is 46.5 Å². The van der Waals surface area contributed by atoms with E-state index in [0.29, 0.717) is 67.3 Å². The van der Waals surface area contributed by atoms with Gasteiger partial charge in [0, 0.05) is 49.5 Å². The minimum atomic E-state index is -0.925. The van der Waals surface area contributed by atoms with Crippen LogP contribution in [0.4, 0.5) is 14.7 Å². The zero-order valence-corrected chi connectivity index (χ0v) is 24.1. The van der Waals surface area contributed by atoms with Crippen LogP contribution in [0.2, 0.25) is 0 Å². The van der Waals surface area contributed by atoms with Crippen LogP contribution in [0.1, 0.15) is 12.8 Å². The zero-order chi connectivity index (χ0) is 30.5. The van der Waals surface area contributed by atoms with Gasteiger partial charge in [-0.3, -0.25) is 9.48 Å². The van der Waals surface area contributed by atoms with Crippen molar-refractivity contribution in [1.82, 2.24) is 24.7 Å². The number of nitrogens with one attached hydrogen (secondary N) is 1. The summed E-state index contributed by atoms with van der Waals surface area (Å²) < 4.78 is 53.8. The highest BCUT2D eigenvalue weighted by Gasteiger charge is 2.29. The molecule has 3 aromatic heterocycles. The van der Waals surface area contributed by atoms with Gasteiger partial charge in [0.1, 0.15) is 11.2 Å². The number of nitrogens with zero attached hydrogens (tertiary/aromatic N) is 5. The van der Waals surface area contributed by atoms with Gasteiger partial charge in [0.25, 0.3) is 0 Å². The Balaban J connectivity index is 1.63. The van der Waals surface area contributed by atoms with Crippen LogP contribution in [0.3, 0.4) is 0 Å². The Bertz CT molecular complexity index is 1620. The van der Waals surface area contributed by atoms with Crippen molar-refractivity contribution in [2.24, 2.45) is 5.92 Å². The lowest BCUT2D eigenvalue weighted by atomic mass is 9.90. The molecular formula is C30H32F2N6O5. The van der Waals surface area contributed by atoms with Gasteiger partial charge in [-0.2, -0.15) is 5.10 Å². The SMILES string of the molecule is C=CC(=O)C[C@H]1CCOC[C@H]1Nc1ncc2cc(-c3c(F)c(OC)cc(OC)c3F)nc(-c3cnn(CCOC)c3)c2n1. The number of hydrogen-bond donors (Lipinski definition) is 1. The fourth-order valence-corrected chi connectivity index (χ4v) is 5.04. The van der Waals surface area contributed by atoms with Crippen molar-refractivity contribution in [2.45, 2.75) is 25.4 Å². The van der Waals surface area contributed by atoms with E-state index in [4.69, 9.17) is 23.9 Å². The standard InChI is InChI=1S/C30H32F2N6O5/c1-5-20(39)10-17-6-8-43-16-22(17)36-30-33-13-18-11-21(25-26(31)23(41-3)12-24(42-4)27(25)32)35-29(28(18)37-30)19-14-34-38(15-19)7-9-40-2/h5,11-15,17,22H,1,6-10,16H2,2-4H3,(H,33,36,37)/t17-,22-/m1/s1. The predicted molar refractivity (Wildman–Crippen MR) is 155 cm³/mol. The minimum absolute atomic E-state index is 0.00604. The largest absolute Gasteiger partial charge is 0.494 e. The molecule has 0 saturated carbocycles. The van der Waals surface area contributed by atoms with Gasteiger partial charge in [0.2, 0.25) is 5.95 Å². The molecule has 0 bridgehead atoms. The van der Waals surface area contributed by atoms with Gasteiger partial charge < -0.3 is 24.3 Å². The molecular weight excluding hydrogens is 562 g/mol. The Kier molecular flexibility index (Phi) is 9.22. The number of allylic oxidation sites excluding steroid dienone is 1. The number of anilines is 1. The van der Waals surface area contributed by atoms with Gasteiger partial charge in [-0.05, 0) is 24.5 Å². The number of benzene rings is 1. The van der Waals surface area contributed by atoms with Gasteiger partial charge in [-0.1, -0.05) is 6.58 Å². The molecule has 0 aliphatic carbocycles. The highest BCUT2D eigenvalue weighted by Crippen LogP contribution is 2.39. The van der Waals surface area contributed by atoms with Crippen molar-refractivity contribution >= 4 is 22.6 Å². The van der Waals surface area contributed by atoms with Crippen LogP contribution in [-0.4, -0.2) is 77.7 Å². The van der Waals surface area contributed by atoms with Crippen molar-refractivity contribution < 1.29 is 32.5 Å². The van der Waals surface area contributed by atoms with Crippen LogP contribution in [-0.2, 0) is 20.8 Å². The maximum atomic E-state index is 15.5. The molecule has 5 rings (SSSR count). The summed E-state index contributed by atoms with van der Waals surface area (Å²) in [5.41, 5.74) is 0.910. The maximum absolute atomic E-state index is 15.5. The second-order valence-corrected chi connectivity index (χ2v) is 10.0. The lowest BCUT2D eigenvalue weighted by molar-refractivity contribution is -0.116. The molecule has 0 amide bonds. The lowest BCUT2D eigenvalue weighted by Crippen LogP contribution is -2.40. The van der Waals surface area contributed by atoms with Gasteiger partial charge in [-0.25, -0.2) is 23.7 Å². The number of halogens is 2. The van der Waals surface area contributed by atoms with E-state index in [1.807, 2.05) is 0 Å². The first kappa shape index (κ1) is 30.0. The number of pyridine rings is 1. The number of aromatic nitrogens is 5. The summed E-state index contributed by atoms with van der Waals surface area (Å²) in [5, 5.41) is 8.17. The molecule has 226 valence electrons. The number of rotatable bonds is 12. The van der Waals surface area contributed by atoms with E-state index in [2.05, 4.69) is 27.0 Å². The smallest absolute Gasteiger partial charge is 0.223 e. The van der Waals surface area contributed by atoms with E-state index in [0.717, 1.165) is 6.07 Å². The third-order valence-corrected chi connectivity index (χ3v) is 7.33. The topological polar surface area (TPSA) is 123 Å². The fraction of sp³-hybridized carbons (Fsp3) is 0.367. The summed E-state index contributed by atoms with van der Waals surface area (Å²) in [4.78, 5) is 26.0. The quantitative estimate of drug-likeness (QED) is 0.235. The second kappa shape index (κ2) is 13.2. The highest BCUT2D eigenvalue weighted by atomic mass is 19.1. The summed E-state index contributed by atoms with van der Waals surface area (Å²) in [5.74, 6) is -1.99. The molecule has 43 heavy (non-hydrogen) atoms. The van der Waals surface area contributed by atoms with E-state index in [1.54, 1.807) is 30.4 Å². The monoisotopic (exact) mass is 594 g/mol. The average molecular weight is 595 g/mol. The molecule has 13 heteroatoms. The fourth-order valence-electron chi connectivity index (χ4n) is 5.04. The summed E-state index contributed by atoms with van der Waals surface area (Å²) in [6.07, 6.45) is 7.26. The van der Waals surface area contributed by atoms with Crippen molar-refractivity contribution in [1.29, 1.82) is 0 Å². The molecule has 1 aliphatic rings. The molecule has 4 aromatic rings. The number of carbonyl (C=O) groups is 1. The van der Waals surface area contributed by atoms with Crippen LogP contribution in [0, 0.1) is 17.6 Å². The molecule has 1 aromatic carbocycles. The molecule has 4 heterocycles. The summed E-state index contributed by atoms with van der Waals surface area (Å²) >= 11 is 0. The van der Waals surface area contributed by atoms with Crippen LogP contribution in [0.15, 0.2) is 43.4 Å². The van der Waals surface area contributed by atoms with Crippen LogP contribution < -0.4 is 14.8 Å². The molecule has 2 atom stereocenters. The van der Waals surface area contributed by atoms with Crippen molar-refractivity contribution in [3.63, 3.8) is 0 Å². The third-order valence-electron chi connectivity index (χ3n) is 7.33. The molecule has 1 N–H and O–H groups in total. The summed E-state index contributed by atoms with van der Waals surface area (Å²) in [6.45, 7) is 5.43. The summed E-state index contributed by atoms with van der Waals surface area (Å²) in [7, 11) is 4.16. The second-order valence-electron chi connectivity index (χ2n) is 10.0. The van der Waals surface area contributed by atoms with Gasteiger partial charge >= 0.3 is 0 Å². The summed E-state index contributed by atoms with van der Waals surface area (Å²) in [6, 6.07) is 2.44. The van der Waals surface area contributed by atoms with E-state index in [-0.39, 0.29) is 34.9 Å². The average Bonchev–Trinajstić information content (AvgIpc) is 3.49. The number of carbonyl (C=O) groups excluding carboxylic acids is 1. The van der Waals surface area contributed by atoms with Crippen molar-refractivity contribution in [3.8, 4) is 34.0 Å². The number of ether oxygens (including phenoxy) is 4. The number of hydrogen-bond acceptors (Lipinski definition) is 10. The molecule has 0 spiro atoms. The Labute approximate surface area is 246 Å². The minimum Gasteiger partial charge on any atom is -0.494 e. The molecule has 0 unspecified atom stereocenters. The van der Waals surface area contributed by atoms with Crippen LogP contribution >= 0.6 is 0 Å². The van der Waals surface area contributed by atoms with Crippen LogP contribution in [0.5, 0.6) is 11.5 Å². The van der Waals surface area contributed by atoms with E-state index < -0.39 is 17.2 Å². The van der Waals surface area contributed by atoms with E-state index >= 15 is 8.78 Å². The molecule has 1 fully saturated rings. The third kappa shape index (κ3) is 6.32. The molecule has 1 saturated heterocycles. The number of fused-ring (bicyclic) bond motifs is 1. The van der Waals surface area contributed by atoms with E-state index in [9.17, 15) is 4.79 Å². The maximum Gasteiger partial charge on any atom is 0.223 e. The first-order valence-corrected chi connectivity index (χ1v) is 13.7. The van der Waals surface area contributed by atoms with Gasteiger partial charge in [-0.15, -0.1) is 0 Å². The first-order valence-electron chi connectivity index (χ1n) is 13.7. The predicted octanol–water partition coefficient (Wildman–Crippen LogP) is 4.46. The Morgan fingerprint density at radius 3 is 2.63 bits per heavy atom.